The molecule has 0 spiro atoms. The first kappa shape index (κ1) is 24.0. The number of phenolic OH excluding ortho intramolecular Hbond substituents is 1. The fraction of sp³-hybridized carbons (Fsp3) is 0.323. The molecule has 3 atom stereocenters. The number of fused-ring (bicyclic) bond motifs is 3. The van der Waals surface area contributed by atoms with Crippen molar-refractivity contribution in [2.45, 2.75) is 46.5 Å². The summed E-state index contributed by atoms with van der Waals surface area (Å²) in [5.41, 5.74) is 13.0. The fourth-order valence-corrected chi connectivity index (χ4v) is 6.87. The molecule has 3 aliphatic rings. The van der Waals surface area contributed by atoms with E-state index in [0.29, 0.717) is 29.6 Å². The van der Waals surface area contributed by atoms with Crippen LogP contribution >= 0.6 is 0 Å². The molecular weight excluding hydrogens is 448 g/mol. The van der Waals surface area contributed by atoms with Crippen molar-refractivity contribution in [3.63, 3.8) is 0 Å². The van der Waals surface area contributed by atoms with Gasteiger partial charge in [-0.25, -0.2) is 0 Å². The van der Waals surface area contributed by atoms with E-state index in [1.807, 2.05) is 38.1 Å². The number of phenols is 1. The van der Waals surface area contributed by atoms with Crippen LogP contribution in [0, 0.1) is 17.3 Å². The van der Waals surface area contributed by atoms with E-state index in [4.69, 9.17) is 5.73 Å². The normalized spacial score (nSPS) is 25.3. The monoisotopic (exact) mass is 480 g/mol. The van der Waals surface area contributed by atoms with E-state index in [9.17, 15) is 14.7 Å². The number of amides is 1. The van der Waals surface area contributed by atoms with Crippen molar-refractivity contribution in [2.24, 2.45) is 23.0 Å². The standard InChI is InChI=1S/C31H32N2O3/c1-16(13-22-8-6-7-11-33-22)23-9-10-25(34)28-24(23)15-20-14-21-12-17(2)26(30(32)36)18(3)31(21,5)19(4)27(20)29(28)35/h6-11,20-21,34H,1,3,12-15H2,2,4-5H3,(H2,32,36)/t20?,21-,31+/m1/s1. The highest BCUT2D eigenvalue weighted by Crippen LogP contribution is 2.59. The number of hydrogen-bond acceptors (Lipinski definition) is 4. The lowest BCUT2D eigenvalue weighted by Crippen LogP contribution is -2.45. The Labute approximate surface area is 212 Å². The van der Waals surface area contributed by atoms with Gasteiger partial charge < -0.3 is 10.8 Å². The van der Waals surface area contributed by atoms with E-state index in [0.717, 1.165) is 52.0 Å². The SMILES string of the molecule is C=C(Cc1ccccn1)c1ccc(O)c2c1CC1C[C@H]3CC(C)=C(C(N)=O)C(=C)[C@@]3(C)C(C)=C1C2=O. The third kappa shape index (κ3) is 3.41. The van der Waals surface area contributed by atoms with E-state index in [-0.39, 0.29) is 23.4 Å². The lowest BCUT2D eigenvalue weighted by Gasteiger charge is -2.51. The molecule has 1 amide bonds. The van der Waals surface area contributed by atoms with Gasteiger partial charge >= 0.3 is 0 Å². The summed E-state index contributed by atoms with van der Waals surface area (Å²) in [6.45, 7) is 14.7. The van der Waals surface area contributed by atoms with Gasteiger partial charge in [0.15, 0.2) is 5.78 Å². The summed E-state index contributed by atoms with van der Waals surface area (Å²) in [6.07, 6.45) is 4.53. The third-order valence-corrected chi connectivity index (χ3v) is 8.85. The number of nitrogens with zero attached hydrogens (tertiary/aromatic N) is 1. The number of ketones is 1. The van der Waals surface area contributed by atoms with Crippen LogP contribution in [0.25, 0.3) is 5.57 Å². The van der Waals surface area contributed by atoms with Gasteiger partial charge in [0.25, 0.3) is 0 Å². The van der Waals surface area contributed by atoms with Crippen LogP contribution in [0.4, 0.5) is 0 Å². The van der Waals surface area contributed by atoms with E-state index in [2.05, 4.69) is 25.1 Å². The van der Waals surface area contributed by atoms with Crippen molar-refractivity contribution < 1.29 is 14.7 Å². The minimum Gasteiger partial charge on any atom is -0.507 e. The maximum Gasteiger partial charge on any atom is 0.248 e. The smallest absolute Gasteiger partial charge is 0.248 e. The zero-order valence-corrected chi connectivity index (χ0v) is 21.1. The molecular formula is C31H32N2O3. The zero-order chi connectivity index (χ0) is 25.9. The van der Waals surface area contributed by atoms with Gasteiger partial charge in [0.05, 0.1) is 5.56 Å². The number of Topliss-reactive ketones (excluding diaryl/α,β-unsaturated/α-hetero) is 1. The molecule has 0 saturated carbocycles. The molecule has 1 unspecified atom stereocenters. The van der Waals surface area contributed by atoms with Gasteiger partial charge in [-0.3, -0.25) is 14.6 Å². The first-order chi connectivity index (χ1) is 17.1. The molecule has 0 bridgehead atoms. The summed E-state index contributed by atoms with van der Waals surface area (Å²) in [4.78, 5) is 30.7. The van der Waals surface area contributed by atoms with Crippen molar-refractivity contribution in [2.75, 3.05) is 0 Å². The van der Waals surface area contributed by atoms with E-state index in [1.165, 1.54) is 0 Å². The van der Waals surface area contributed by atoms with E-state index >= 15 is 0 Å². The molecule has 5 heteroatoms. The highest BCUT2D eigenvalue weighted by atomic mass is 16.3. The van der Waals surface area contributed by atoms with Gasteiger partial charge in [-0.2, -0.15) is 0 Å². The second kappa shape index (κ2) is 8.44. The molecule has 0 saturated heterocycles. The summed E-state index contributed by atoms with van der Waals surface area (Å²) >= 11 is 0. The summed E-state index contributed by atoms with van der Waals surface area (Å²) in [5, 5.41) is 10.8. The molecule has 5 nitrogen and oxygen atoms in total. The topological polar surface area (TPSA) is 93.3 Å². The van der Waals surface area contributed by atoms with Crippen molar-refractivity contribution in [3.8, 4) is 5.75 Å². The Morgan fingerprint density at radius 2 is 1.97 bits per heavy atom. The van der Waals surface area contributed by atoms with Crippen molar-refractivity contribution in [1.82, 2.24) is 4.98 Å². The van der Waals surface area contributed by atoms with Crippen LogP contribution in [0.3, 0.4) is 0 Å². The minimum atomic E-state index is -0.529. The number of aromatic hydroxyl groups is 1. The third-order valence-electron chi connectivity index (χ3n) is 8.85. The number of aromatic nitrogens is 1. The predicted octanol–water partition coefficient (Wildman–Crippen LogP) is 5.50. The Balaban J connectivity index is 1.61. The molecule has 184 valence electrons. The molecule has 0 aliphatic heterocycles. The number of nitrogens with two attached hydrogens (primary N) is 1. The predicted molar refractivity (Wildman–Crippen MR) is 141 cm³/mol. The van der Waals surface area contributed by atoms with Crippen LogP contribution < -0.4 is 5.73 Å². The largest absolute Gasteiger partial charge is 0.507 e. The van der Waals surface area contributed by atoms with Crippen LogP contribution in [0.2, 0.25) is 0 Å². The first-order valence-corrected chi connectivity index (χ1v) is 12.4. The van der Waals surface area contributed by atoms with Gasteiger partial charge in [-0.1, -0.05) is 43.4 Å². The number of carbonyl (C=O) groups is 2. The molecule has 3 aliphatic carbocycles. The Morgan fingerprint density at radius 3 is 2.64 bits per heavy atom. The number of carbonyl (C=O) groups excluding carboxylic acids is 2. The summed E-state index contributed by atoms with van der Waals surface area (Å²) in [7, 11) is 0. The Kier molecular flexibility index (Phi) is 5.62. The number of benzene rings is 1. The van der Waals surface area contributed by atoms with Crippen molar-refractivity contribution in [3.05, 3.63) is 99.9 Å². The molecule has 0 radical (unpaired) electrons. The molecule has 0 fully saturated rings. The second-order valence-electron chi connectivity index (χ2n) is 10.7. The highest BCUT2D eigenvalue weighted by Gasteiger charge is 2.52. The zero-order valence-electron chi connectivity index (χ0n) is 21.1. The summed E-state index contributed by atoms with van der Waals surface area (Å²) in [5.74, 6) is -0.364. The summed E-state index contributed by atoms with van der Waals surface area (Å²) < 4.78 is 0. The minimum absolute atomic E-state index is 0.00792. The fourth-order valence-electron chi connectivity index (χ4n) is 6.87. The second-order valence-corrected chi connectivity index (χ2v) is 10.7. The van der Waals surface area contributed by atoms with E-state index < -0.39 is 11.3 Å². The highest BCUT2D eigenvalue weighted by molar-refractivity contribution is 6.14. The molecule has 1 aromatic carbocycles. The number of primary amides is 1. The van der Waals surface area contributed by atoms with Gasteiger partial charge in [0, 0.05) is 34.9 Å². The van der Waals surface area contributed by atoms with Crippen LogP contribution in [0.1, 0.15) is 60.8 Å². The van der Waals surface area contributed by atoms with Crippen LogP contribution in [0.15, 0.2) is 77.6 Å². The summed E-state index contributed by atoms with van der Waals surface area (Å²) in [6, 6.07) is 9.25. The Morgan fingerprint density at radius 1 is 1.22 bits per heavy atom. The molecule has 5 rings (SSSR count). The van der Waals surface area contributed by atoms with Crippen LogP contribution in [-0.2, 0) is 17.6 Å². The molecule has 1 heterocycles. The van der Waals surface area contributed by atoms with Gasteiger partial charge in [0.1, 0.15) is 5.75 Å². The number of allylic oxidation sites excluding steroid dienone is 4. The molecule has 36 heavy (non-hydrogen) atoms. The van der Waals surface area contributed by atoms with Crippen LogP contribution in [0.5, 0.6) is 5.75 Å². The maximum atomic E-state index is 14.0. The first-order valence-electron chi connectivity index (χ1n) is 12.4. The lowest BCUT2D eigenvalue weighted by molar-refractivity contribution is -0.114. The van der Waals surface area contributed by atoms with Gasteiger partial charge in [0.2, 0.25) is 5.91 Å². The van der Waals surface area contributed by atoms with Crippen LogP contribution in [-0.4, -0.2) is 21.8 Å². The van der Waals surface area contributed by atoms with Gasteiger partial charge in [-0.05, 0) is 85.4 Å². The number of rotatable bonds is 4. The van der Waals surface area contributed by atoms with Gasteiger partial charge in [-0.15, -0.1) is 0 Å². The lowest BCUT2D eigenvalue weighted by atomic mass is 9.51. The number of pyridine rings is 1. The molecule has 1 aromatic heterocycles. The number of hydrogen-bond donors (Lipinski definition) is 2. The Hall–Kier alpha value is -3.73. The average Bonchev–Trinajstić information content (AvgIpc) is 2.82. The Bertz CT molecular complexity index is 1410. The van der Waals surface area contributed by atoms with Crippen molar-refractivity contribution >= 4 is 17.3 Å². The quantitative estimate of drug-likeness (QED) is 0.604. The van der Waals surface area contributed by atoms with E-state index in [1.54, 1.807) is 12.3 Å². The average molecular weight is 481 g/mol. The maximum absolute atomic E-state index is 14.0. The molecule has 3 N–H and O–H groups in total. The van der Waals surface area contributed by atoms with Crippen molar-refractivity contribution in [1.29, 1.82) is 0 Å². The molecule has 2 aromatic rings.